The van der Waals surface area contributed by atoms with E-state index < -0.39 is 9.84 Å². The van der Waals surface area contributed by atoms with Crippen molar-refractivity contribution >= 4 is 9.84 Å². The highest BCUT2D eigenvalue weighted by atomic mass is 32.2. The number of hydrogen-bond donors (Lipinski definition) is 1. The highest BCUT2D eigenvalue weighted by molar-refractivity contribution is 7.91. The number of sulfone groups is 1. The van der Waals surface area contributed by atoms with Crippen LogP contribution in [-0.4, -0.2) is 50.0 Å². The van der Waals surface area contributed by atoms with Crippen molar-refractivity contribution in [2.75, 3.05) is 31.1 Å². The minimum absolute atomic E-state index is 0.232. The van der Waals surface area contributed by atoms with E-state index in [4.69, 9.17) is 5.73 Å². The molecule has 2 N–H and O–H groups in total. The topological polar surface area (TPSA) is 63.4 Å². The minimum atomic E-state index is -2.94. The van der Waals surface area contributed by atoms with E-state index in [1.165, 1.54) is 0 Å². The number of rotatable bonds is 6. The quantitative estimate of drug-likeness (QED) is 0.805. The molecule has 1 saturated heterocycles. The second kappa shape index (κ2) is 6.55. The van der Waals surface area contributed by atoms with Crippen molar-refractivity contribution in [2.24, 2.45) is 17.6 Å². The van der Waals surface area contributed by atoms with Crippen LogP contribution in [0.1, 0.15) is 40.5 Å². The monoisotopic (exact) mass is 290 g/mol. The molecule has 1 heterocycles. The summed E-state index contributed by atoms with van der Waals surface area (Å²) >= 11 is 0. The van der Waals surface area contributed by atoms with Crippen molar-refractivity contribution in [3.8, 4) is 0 Å². The van der Waals surface area contributed by atoms with Crippen LogP contribution in [0.4, 0.5) is 0 Å². The highest BCUT2D eigenvalue weighted by Crippen LogP contribution is 2.30. The summed E-state index contributed by atoms with van der Waals surface area (Å²) in [6.45, 7) is 11.0. The first-order chi connectivity index (χ1) is 8.71. The average molecular weight is 290 g/mol. The molecule has 114 valence electrons. The van der Waals surface area contributed by atoms with Gasteiger partial charge in [-0.1, -0.05) is 27.7 Å². The van der Waals surface area contributed by atoms with Crippen LogP contribution in [0.2, 0.25) is 0 Å². The molecule has 5 heteroatoms. The Hall–Kier alpha value is -0.130. The molecule has 0 saturated carbocycles. The van der Waals surface area contributed by atoms with Crippen LogP contribution in [0.5, 0.6) is 0 Å². The Morgan fingerprint density at radius 1 is 1.16 bits per heavy atom. The Kier molecular flexibility index (Phi) is 5.83. The Morgan fingerprint density at radius 2 is 1.68 bits per heavy atom. The lowest BCUT2D eigenvalue weighted by atomic mass is 9.91. The Labute approximate surface area is 118 Å². The second-order valence-corrected chi connectivity index (χ2v) is 9.00. The first kappa shape index (κ1) is 16.9. The van der Waals surface area contributed by atoms with Crippen LogP contribution in [-0.2, 0) is 9.84 Å². The summed E-state index contributed by atoms with van der Waals surface area (Å²) in [6.07, 6.45) is 1.65. The van der Waals surface area contributed by atoms with E-state index in [0.717, 1.165) is 25.9 Å². The van der Waals surface area contributed by atoms with E-state index in [1.54, 1.807) is 0 Å². The molecular formula is C14H30N2O2S. The van der Waals surface area contributed by atoms with Gasteiger partial charge < -0.3 is 5.73 Å². The zero-order valence-corrected chi connectivity index (χ0v) is 13.7. The number of nitrogens with zero attached hydrogens (tertiary/aromatic N) is 1. The maximum atomic E-state index is 12.0. The third-order valence-corrected chi connectivity index (χ3v) is 5.70. The van der Waals surface area contributed by atoms with Gasteiger partial charge in [-0.05, 0) is 24.7 Å². The van der Waals surface area contributed by atoms with Crippen molar-refractivity contribution in [2.45, 2.75) is 46.1 Å². The van der Waals surface area contributed by atoms with Crippen molar-refractivity contribution in [1.29, 1.82) is 0 Å². The maximum absolute atomic E-state index is 12.0. The van der Waals surface area contributed by atoms with Gasteiger partial charge in [-0.2, -0.15) is 0 Å². The number of nitrogens with two attached hydrogens (primary N) is 1. The van der Waals surface area contributed by atoms with Crippen molar-refractivity contribution in [3.05, 3.63) is 0 Å². The zero-order valence-electron chi connectivity index (χ0n) is 12.9. The largest absolute Gasteiger partial charge is 0.329 e. The van der Waals surface area contributed by atoms with Gasteiger partial charge in [0, 0.05) is 25.2 Å². The van der Waals surface area contributed by atoms with Crippen LogP contribution in [0.15, 0.2) is 0 Å². The molecule has 0 aromatic rings. The fraction of sp³-hybridized carbons (Fsp3) is 1.00. The van der Waals surface area contributed by atoms with E-state index in [9.17, 15) is 8.42 Å². The lowest BCUT2D eigenvalue weighted by molar-refractivity contribution is 0.0735. The molecule has 0 aromatic carbocycles. The van der Waals surface area contributed by atoms with E-state index in [1.807, 2.05) is 0 Å². The van der Waals surface area contributed by atoms with Gasteiger partial charge in [-0.3, -0.25) is 4.90 Å². The molecule has 19 heavy (non-hydrogen) atoms. The van der Waals surface area contributed by atoms with Gasteiger partial charge in [0.25, 0.3) is 0 Å². The third-order valence-electron chi connectivity index (χ3n) is 3.81. The summed E-state index contributed by atoms with van der Waals surface area (Å²) in [5.41, 5.74) is 5.66. The van der Waals surface area contributed by atoms with E-state index in [2.05, 4.69) is 32.6 Å². The SMILES string of the molecule is CC(C)CN(CC(C)C)C1(CN)CCCS(=O)(=O)C1. The molecule has 0 aliphatic carbocycles. The van der Waals surface area contributed by atoms with Gasteiger partial charge in [0.05, 0.1) is 11.5 Å². The van der Waals surface area contributed by atoms with Gasteiger partial charge in [0.15, 0.2) is 9.84 Å². The summed E-state index contributed by atoms with van der Waals surface area (Å²) in [7, 11) is -2.94. The van der Waals surface area contributed by atoms with Crippen molar-refractivity contribution in [1.82, 2.24) is 4.90 Å². The molecule has 0 spiro atoms. The van der Waals surface area contributed by atoms with E-state index in [0.29, 0.717) is 24.1 Å². The van der Waals surface area contributed by atoms with Crippen LogP contribution >= 0.6 is 0 Å². The Morgan fingerprint density at radius 3 is 2.05 bits per heavy atom. The smallest absolute Gasteiger partial charge is 0.152 e. The fourth-order valence-electron chi connectivity index (χ4n) is 3.06. The number of hydrogen-bond acceptors (Lipinski definition) is 4. The first-order valence-electron chi connectivity index (χ1n) is 7.36. The maximum Gasteiger partial charge on any atom is 0.152 e. The summed E-state index contributed by atoms with van der Waals surface area (Å²) < 4.78 is 24.0. The lowest BCUT2D eigenvalue weighted by Gasteiger charge is -2.47. The summed E-state index contributed by atoms with van der Waals surface area (Å²) in [6, 6.07) is 0. The molecule has 0 amide bonds. The van der Waals surface area contributed by atoms with Crippen LogP contribution < -0.4 is 5.73 Å². The molecule has 1 rings (SSSR count). The minimum Gasteiger partial charge on any atom is -0.329 e. The molecule has 0 bridgehead atoms. The van der Waals surface area contributed by atoms with Crippen molar-refractivity contribution < 1.29 is 8.42 Å². The second-order valence-electron chi connectivity index (χ2n) is 6.82. The summed E-state index contributed by atoms with van der Waals surface area (Å²) in [4.78, 5) is 2.35. The zero-order chi connectivity index (χ0) is 14.7. The van der Waals surface area contributed by atoms with Gasteiger partial charge in [-0.15, -0.1) is 0 Å². The van der Waals surface area contributed by atoms with Gasteiger partial charge in [0.2, 0.25) is 0 Å². The highest BCUT2D eigenvalue weighted by Gasteiger charge is 2.42. The predicted octanol–water partition coefficient (Wildman–Crippen LogP) is 1.51. The molecule has 4 nitrogen and oxygen atoms in total. The van der Waals surface area contributed by atoms with Gasteiger partial charge in [-0.25, -0.2) is 8.42 Å². The van der Waals surface area contributed by atoms with E-state index >= 15 is 0 Å². The molecule has 0 aromatic heterocycles. The normalized spacial score (nSPS) is 27.4. The lowest BCUT2D eigenvalue weighted by Crippen LogP contribution is -2.61. The fourth-order valence-corrected chi connectivity index (χ4v) is 5.05. The average Bonchev–Trinajstić information content (AvgIpc) is 2.25. The Balaban J connectivity index is 2.99. The van der Waals surface area contributed by atoms with Gasteiger partial charge in [0.1, 0.15) is 0 Å². The standard InChI is InChI=1S/C14H30N2O2S/c1-12(2)8-16(9-13(3)4)14(10-15)6-5-7-19(17,18)11-14/h12-13H,5-11,15H2,1-4H3. The molecule has 1 unspecified atom stereocenters. The predicted molar refractivity (Wildman–Crippen MR) is 80.9 cm³/mol. The van der Waals surface area contributed by atoms with E-state index in [-0.39, 0.29) is 11.3 Å². The molecule has 1 aliphatic rings. The van der Waals surface area contributed by atoms with Crippen molar-refractivity contribution in [3.63, 3.8) is 0 Å². The first-order valence-corrected chi connectivity index (χ1v) is 9.18. The summed E-state index contributed by atoms with van der Waals surface area (Å²) in [5.74, 6) is 1.60. The molecule has 1 aliphatic heterocycles. The van der Waals surface area contributed by atoms with Crippen LogP contribution in [0.25, 0.3) is 0 Å². The Bertz CT molecular complexity index is 369. The van der Waals surface area contributed by atoms with Crippen LogP contribution in [0, 0.1) is 11.8 Å². The third kappa shape index (κ3) is 4.72. The molecular weight excluding hydrogens is 260 g/mol. The van der Waals surface area contributed by atoms with Gasteiger partial charge >= 0.3 is 0 Å². The summed E-state index contributed by atoms with van der Waals surface area (Å²) in [5, 5.41) is 0. The molecule has 1 atom stereocenters. The molecule has 0 radical (unpaired) electrons. The molecule has 1 fully saturated rings. The van der Waals surface area contributed by atoms with Crippen LogP contribution in [0.3, 0.4) is 0 Å².